The molecule has 0 aromatic heterocycles. The number of rotatable bonds is 7. The molecule has 3 rings (SSSR count). The molecule has 0 atom stereocenters. The zero-order valence-electron chi connectivity index (χ0n) is 18.9. The molecule has 6 heteroatoms. The molecule has 0 saturated carbocycles. The number of anilines is 1. The van der Waals surface area contributed by atoms with Crippen LogP contribution in [0.5, 0.6) is 0 Å². The van der Waals surface area contributed by atoms with Crippen molar-refractivity contribution in [1.29, 1.82) is 0 Å². The van der Waals surface area contributed by atoms with Gasteiger partial charge in [0, 0.05) is 30.3 Å². The molecule has 0 spiro atoms. The van der Waals surface area contributed by atoms with E-state index in [4.69, 9.17) is 16.3 Å². The van der Waals surface area contributed by atoms with E-state index >= 15 is 0 Å². The highest BCUT2D eigenvalue weighted by Gasteiger charge is 2.18. The van der Waals surface area contributed by atoms with Crippen molar-refractivity contribution in [3.63, 3.8) is 0 Å². The number of hydrogen-bond donors (Lipinski definition) is 1. The van der Waals surface area contributed by atoms with Crippen molar-refractivity contribution >= 4 is 29.2 Å². The lowest BCUT2D eigenvalue weighted by molar-refractivity contribution is 0.0526. The minimum atomic E-state index is -0.319. The lowest BCUT2D eigenvalue weighted by Crippen LogP contribution is -2.31. The van der Waals surface area contributed by atoms with E-state index in [1.165, 1.54) is 25.7 Å². The zero-order chi connectivity index (χ0) is 22.8. The molecule has 1 aliphatic rings. The summed E-state index contributed by atoms with van der Waals surface area (Å²) in [7, 11) is 0. The van der Waals surface area contributed by atoms with Gasteiger partial charge in [0.15, 0.2) is 0 Å². The molecule has 2 aromatic carbocycles. The van der Waals surface area contributed by atoms with Gasteiger partial charge in [0.1, 0.15) is 0 Å². The number of hydrogen-bond acceptors (Lipinski definition) is 4. The third-order valence-electron chi connectivity index (χ3n) is 5.81. The summed E-state index contributed by atoms with van der Waals surface area (Å²) in [5.41, 5.74) is 3.18. The van der Waals surface area contributed by atoms with Gasteiger partial charge in [-0.1, -0.05) is 49.4 Å². The SMILES string of the molecule is CCOC(=O)c1ccc(CCNC(=O)c2cc(Cl)ccc2N2CCCCCCCC2)cc1. The predicted octanol–water partition coefficient (Wildman–Crippen LogP) is 5.65. The van der Waals surface area contributed by atoms with Crippen molar-refractivity contribution in [1.82, 2.24) is 5.32 Å². The number of benzene rings is 2. The molecule has 0 bridgehead atoms. The smallest absolute Gasteiger partial charge is 0.338 e. The Kier molecular flexibility index (Phi) is 9.42. The number of halogens is 1. The molecule has 172 valence electrons. The van der Waals surface area contributed by atoms with Crippen molar-refractivity contribution in [2.75, 3.05) is 31.1 Å². The molecule has 1 aliphatic heterocycles. The molecular weight excluding hydrogens is 424 g/mol. The minimum Gasteiger partial charge on any atom is -0.462 e. The second-order valence-corrected chi connectivity index (χ2v) is 8.63. The Morgan fingerprint density at radius 1 is 0.969 bits per heavy atom. The first-order valence-corrected chi connectivity index (χ1v) is 12.0. The van der Waals surface area contributed by atoms with Gasteiger partial charge in [-0.3, -0.25) is 4.79 Å². The largest absolute Gasteiger partial charge is 0.462 e. The molecule has 1 fully saturated rings. The number of ether oxygens (including phenoxy) is 1. The summed E-state index contributed by atoms with van der Waals surface area (Å²) in [6, 6.07) is 12.9. The average molecular weight is 457 g/mol. The summed E-state index contributed by atoms with van der Waals surface area (Å²) in [5.74, 6) is -0.425. The van der Waals surface area contributed by atoms with Crippen molar-refractivity contribution in [3.8, 4) is 0 Å². The standard InChI is InChI=1S/C26H33ClN2O3/c1-2-32-26(31)21-11-9-20(10-12-21)15-16-28-25(30)23-19-22(27)13-14-24(23)29-17-7-5-3-4-6-8-18-29/h9-14,19H,2-8,15-18H2,1H3,(H,28,30). The van der Waals surface area contributed by atoms with Gasteiger partial charge in [0.05, 0.1) is 17.7 Å². The van der Waals surface area contributed by atoms with E-state index in [0.717, 1.165) is 37.2 Å². The van der Waals surface area contributed by atoms with Crippen molar-refractivity contribution in [3.05, 3.63) is 64.2 Å². The summed E-state index contributed by atoms with van der Waals surface area (Å²) in [4.78, 5) is 27.1. The molecule has 1 saturated heterocycles. The van der Waals surface area contributed by atoms with Gasteiger partial charge in [-0.05, 0) is 62.1 Å². The number of nitrogens with zero attached hydrogens (tertiary/aromatic N) is 1. The van der Waals surface area contributed by atoms with Crippen LogP contribution in [0.2, 0.25) is 5.02 Å². The molecular formula is C26H33ClN2O3. The highest BCUT2D eigenvalue weighted by Crippen LogP contribution is 2.26. The highest BCUT2D eigenvalue weighted by atomic mass is 35.5. The van der Waals surface area contributed by atoms with Crippen LogP contribution >= 0.6 is 11.6 Å². The third-order valence-corrected chi connectivity index (χ3v) is 6.05. The Labute approximate surface area is 196 Å². The minimum absolute atomic E-state index is 0.106. The maximum Gasteiger partial charge on any atom is 0.338 e. The summed E-state index contributed by atoms with van der Waals surface area (Å²) in [5, 5.41) is 3.60. The van der Waals surface area contributed by atoms with Crippen molar-refractivity contribution in [2.24, 2.45) is 0 Å². The van der Waals surface area contributed by atoms with Crippen LogP contribution in [0, 0.1) is 0 Å². The molecule has 0 radical (unpaired) electrons. The third kappa shape index (κ3) is 6.99. The van der Waals surface area contributed by atoms with Crippen molar-refractivity contribution in [2.45, 2.75) is 51.9 Å². The Morgan fingerprint density at radius 2 is 1.62 bits per heavy atom. The fourth-order valence-electron chi connectivity index (χ4n) is 4.07. The first kappa shape index (κ1) is 24.1. The van der Waals surface area contributed by atoms with Crippen LogP contribution in [-0.2, 0) is 11.2 Å². The molecule has 32 heavy (non-hydrogen) atoms. The van der Waals surface area contributed by atoms with Crippen LogP contribution in [-0.4, -0.2) is 38.1 Å². The number of carbonyl (C=O) groups excluding carboxylic acids is 2. The van der Waals surface area contributed by atoms with E-state index in [9.17, 15) is 9.59 Å². The molecule has 0 aliphatic carbocycles. The number of carbonyl (C=O) groups is 2. The van der Waals surface area contributed by atoms with E-state index in [1.807, 2.05) is 24.3 Å². The van der Waals surface area contributed by atoms with Crippen LogP contribution in [0.1, 0.15) is 71.7 Å². The van der Waals surface area contributed by atoms with E-state index in [0.29, 0.717) is 35.7 Å². The lowest BCUT2D eigenvalue weighted by Gasteiger charge is -2.26. The second-order valence-electron chi connectivity index (χ2n) is 8.19. The first-order valence-electron chi connectivity index (χ1n) is 11.7. The molecule has 2 aromatic rings. The van der Waals surface area contributed by atoms with Crippen LogP contribution in [0.25, 0.3) is 0 Å². The Balaban J connectivity index is 1.62. The van der Waals surface area contributed by atoms with E-state index < -0.39 is 0 Å². The molecule has 0 unspecified atom stereocenters. The number of nitrogens with one attached hydrogen (secondary N) is 1. The van der Waals surface area contributed by atoms with Crippen LogP contribution in [0.15, 0.2) is 42.5 Å². The Morgan fingerprint density at radius 3 is 2.28 bits per heavy atom. The van der Waals surface area contributed by atoms with Gasteiger partial charge < -0.3 is 15.0 Å². The highest BCUT2D eigenvalue weighted by molar-refractivity contribution is 6.31. The van der Waals surface area contributed by atoms with Gasteiger partial charge >= 0.3 is 5.97 Å². The number of esters is 1. The molecule has 1 amide bonds. The predicted molar refractivity (Wildman–Crippen MR) is 130 cm³/mol. The molecule has 1 heterocycles. The average Bonchev–Trinajstić information content (AvgIpc) is 2.93. The monoisotopic (exact) mass is 456 g/mol. The van der Waals surface area contributed by atoms with Gasteiger partial charge in [0.25, 0.3) is 5.91 Å². The molecule has 1 N–H and O–H groups in total. The fourth-order valence-corrected chi connectivity index (χ4v) is 4.24. The van der Waals surface area contributed by atoms with Crippen LogP contribution in [0.3, 0.4) is 0 Å². The Hall–Kier alpha value is -2.53. The Bertz CT molecular complexity index is 888. The topological polar surface area (TPSA) is 58.6 Å². The molecule has 5 nitrogen and oxygen atoms in total. The van der Waals surface area contributed by atoms with Gasteiger partial charge in [-0.25, -0.2) is 4.79 Å². The van der Waals surface area contributed by atoms with E-state index in [-0.39, 0.29) is 11.9 Å². The summed E-state index contributed by atoms with van der Waals surface area (Å²) in [6.07, 6.45) is 8.03. The fraction of sp³-hybridized carbons (Fsp3) is 0.462. The van der Waals surface area contributed by atoms with Gasteiger partial charge in [0.2, 0.25) is 0 Å². The maximum atomic E-state index is 13.0. The normalized spacial score (nSPS) is 14.8. The van der Waals surface area contributed by atoms with Gasteiger partial charge in [-0.15, -0.1) is 0 Å². The van der Waals surface area contributed by atoms with Crippen LogP contribution in [0.4, 0.5) is 5.69 Å². The van der Waals surface area contributed by atoms with Crippen molar-refractivity contribution < 1.29 is 14.3 Å². The maximum absolute atomic E-state index is 13.0. The van der Waals surface area contributed by atoms with E-state index in [2.05, 4.69) is 10.2 Å². The van der Waals surface area contributed by atoms with E-state index in [1.54, 1.807) is 25.1 Å². The zero-order valence-corrected chi connectivity index (χ0v) is 19.6. The van der Waals surface area contributed by atoms with Crippen LogP contribution < -0.4 is 10.2 Å². The quantitative estimate of drug-likeness (QED) is 0.547. The second kappa shape index (κ2) is 12.5. The summed E-state index contributed by atoms with van der Waals surface area (Å²) in [6.45, 7) is 4.58. The lowest BCUT2D eigenvalue weighted by atomic mass is 10.1. The first-order chi connectivity index (χ1) is 15.6. The summed E-state index contributed by atoms with van der Waals surface area (Å²) < 4.78 is 5.01. The number of amides is 1. The van der Waals surface area contributed by atoms with Gasteiger partial charge in [-0.2, -0.15) is 0 Å². The summed E-state index contributed by atoms with van der Waals surface area (Å²) >= 11 is 6.24.